The first-order valence-corrected chi connectivity index (χ1v) is 14.7. The number of urea groups is 1. The average Bonchev–Trinajstić information content (AvgIpc) is 3.45. The van der Waals surface area contributed by atoms with Crippen molar-refractivity contribution in [3.05, 3.63) is 26.4 Å². The molecule has 12 heteroatoms. The minimum Gasteiger partial charge on any atom is -0.494 e. The molecule has 2 aliphatic heterocycles. The Balaban J connectivity index is 1.23. The van der Waals surface area contributed by atoms with E-state index in [1.165, 1.54) is 14.0 Å². The van der Waals surface area contributed by atoms with Crippen molar-refractivity contribution >= 4 is 17.8 Å². The van der Waals surface area contributed by atoms with Crippen LogP contribution < -0.4 is 17.0 Å². The zero-order valence-corrected chi connectivity index (χ0v) is 23.2. The molecular weight excluding hydrogens is 516 g/mol. The second-order valence-electron chi connectivity index (χ2n) is 12.8. The maximum atomic E-state index is 13.6. The summed E-state index contributed by atoms with van der Waals surface area (Å²) in [4.78, 5) is 56.7. The standard InChI is InChI=1S/C28H40N6O6/c1-2-31-24(37)28(33(25(31)38)12-18-13-40-14-18)15-27(16-28)9-7-19(8-10-27)34-23(36)20(21(29)30)22(35)32(26(34)39)11-17-5-3-4-6-17/h17-19,35H,2-16H2,1H3,(H3,29,30). The molecule has 0 radical (unpaired) electrons. The summed E-state index contributed by atoms with van der Waals surface area (Å²) in [6.45, 7) is 4.21. The number of hydrogen-bond donors (Lipinski definition) is 3. The Bertz CT molecular complexity index is 1340. The first kappa shape index (κ1) is 27.0. The van der Waals surface area contributed by atoms with E-state index in [9.17, 15) is 24.3 Å². The van der Waals surface area contributed by atoms with E-state index in [-0.39, 0.29) is 40.8 Å². The summed E-state index contributed by atoms with van der Waals surface area (Å²) in [6, 6.07) is -0.592. The summed E-state index contributed by atoms with van der Waals surface area (Å²) in [5.74, 6) is -0.684. The van der Waals surface area contributed by atoms with Crippen LogP contribution in [0.2, 0.25) is 0 Å². The van der Waals surface area contributed by atoms with Gasteiger partial charge >= 0.3 is 11.7 Å². The molecule has 40 heavy (non-hydrogen) atoms. The Morgan fingerprint density at radius 2 is 1.68 bits per heavy atom. The van der Waals surface area contributed by atoms with Gasteiger partial charge in [0.15, 0.2) is 0 Å². The topological polar surface area (TPSA) is 164 Å². The third kappa shape index (κ3) is 4.01. The Morgan fingerprint density at radius 3 is 2.23 bits per heavy atom. The number of amidine groups is 1. The van der Waals surface area contributed by atoms with Crippen molar-refractivity contribution < 1.29 is 19.4 Å². The van der Waals surface area contributed by atoms with Gasteiger partial charge in [-0.05, 0) is 69.6 Å². The van der Waals surface area contributed by atoms with Gasteiger partial charge in [0.2, 0.25) is 5.88 Å². The predicted octanol–water partition coefficient (Wildman–Crippen LogP) is 1.75. The maximum Gasteiger partial charge on any atom is 0.334 e. The summed E-state index contributed by atoms with van der Waals surface area (Å²) in [5, 5.41) is 18.7. The van der Waals surface area contributed by atoms with Crippen LogP contribution in [0, 0.1) is 22.7 Å². The van der Waals surface area contributed by atoms with Gasteiger partial charge in [0.05, 0.1) is 13.2 Å². The van der Waals surface area contributed by atoms with Crippen molar-refractivity contribution in [1.29, 1.82) is 5.41 Å². The molecule has 3 amide bonds. The zero-order valence-electron chi connectivity index (χ0n) is 23.2. The lowest BCUT2D eigenvalue weighted by molar-refractivity contribution is -0.153. The molecule has 1 aromatic rings. The number of hydrogen-bond acceptors (Lipinski definition) is 7. The second kappa shape index (κ2) is 9.74. The molecule has 0 aromatic carbocycles. The monoisotopic (exact) mass is 556 g/mol. The van der Waals surface area contributed by atoms with Crippen molar-refractivity contribution in [3.8, 4) is 5.88 Å². The fourth-order valence-electron chi connectivity index (χ4n) is 8.15. The second-order valence-corrected chi connectivity index (χ2v) is 12.8. The highest BCUT2D eigenvalue weighted by Crippen LogP contribution is 2.62. The van der Waals surface area contributed by atoms with Crippen LogP contribution in [0.15, 0.2) is 9.59 Å². The summed E-state index contributed by atoms with van der Waals surface area (Å²) in [6.07, 6.45) is 7.80. The van der Waals surface area contributed by atoms with Gasteiger partial charge in [-0.1, -0.05) is 12.8 Å². The number of aromatic nitrogens is 2. The third-order valence-electron chi connectivity index (χ3n) is 10.3. The highest BCUT2D eigenvalue weighted by Gasteiger charge is 2.68. The van der Waals surface area contributed by atoms with E-state index < -0.39 is 28.5 Å². The number of rotatable bonds is 7. The molecule has 3 aliphatic carbocycles. The molecule has 6 rings (SSSR count). The number of ether oxygens (including phenoxy) is 1. The Labute approximate surface area is 232 Å². The first-order valence-electron chi connectivity index (χ1n) is 14.7. The fourth-order valence-corrected chi connectivity index (χ4v) is 8.15. The number of carbonyl (C=O) groups excluding carboxylic acids is 2. The van der Waals surface area contributed by atoms with Crippen LogP contribution in [0.4, 0.5) is 4.79 Å². The number of nitrogen functional groups attached to an aromatic ring is 1. The van der Waals surface area contributed by atoms with Gasteiger partial charge in [-0.3, -0.25) is 29.0 Å². The van der Waals surface area contributed by atoms with E-state index >= 15 is 0 Å². The van der Waals surface area contributed by atoms with Crippen LogP contribution in [0.25, 0.3) is 0 Å². The molecule has 12 nitrogen and oxygen atoms in total. The minimum atomic E-state index is -0.805. The smallest absolute Gasteiger partial charge is 0.334 e. The lowest BCUT2D eigenvalue weighted by atomic mass is 9.51. The summed E-state index contributed by atoms with van der Waals surface area (Å²) in [7, 11) is 0. The molecule has 218 valence electrons. The highest BCUT2D eigenvalue weighted by molar-refractivity contribution is 6.07. The van der Waals surface area contributed by atoms with Crippen LogP contribution in [0.5, 0.6) is 5.88 Å². The van der Waals surface area contributed by atoms with Gasteiger partial charge in [-0.25, -0.2) is 9.59 Å². The summed E-state index contributed by atoms with van der Waals surface area (Å²) < 4.78 is 7.75. The lowest BCUT2D eigenvalue weighted by Gasteiger charge is -2.58. The molecule has 4 N–H and O–H groups in total. The molecule has 3 saturated carbocycles. The number of nitrogens with two attached hydrogens (primary N) is 1. The largest absolute Gasteiger partial charge is 0.494 e. The van der Waals surface area contributed by atoms with Crippen LogP contribution in [0.3, 0.4) is 0 Å². The van der Waals surface area contributed by atoms with Crippen LogP contribution in [-0.4, -0.2) is 73.7 Å². The van der Waals surface area contributed by atoms with Crippen molar-refractivity contribution in [2.75, 3.05) is 26.3 Å². The van der Waals surface area contributed by atoms with Gasteiger partial charge in [-0.15, -0.1) is 0 Å². The molecule has 0 atom stereocenters. The maximum absolute atomic E-state index is 13.6. The van der Waals surface area contributed by atoms with Gasteiger partial charge in [0.1, 0.15) is 16.9 Å². The van der Waals surface area contributed by atoms with E-state index in [1.54, 1.807) is 4.90 Å². The molecule has 0 unspecified atom stereocenters. The van der Waals surface area contributed by atoms with Crippen molar-refractivity contribution in [2.24, 2.45) is 23.0 Å². The number of amides is 3. The molecule has 0 bridgehead atoms. The molecule has 5 aliphatic rings. The number of aromatic hydroxyl groups is 1. The first-order chi connectivity index (χ1) is 19.1. The van der Waals surface area contributed by atoms with Gasteiger partial charge in [-0.2, -0.15) is 0 Å². The highest BCUT2D eigenvalue weighted by atomic mass is 16.5. The number of imide groups is 1. The van der Waals surface area contributed by atoms with E-state index in [0.717, 1.165) is 38.5 Å². The Kier molecular flexibility index (Phi) is 6.59. The number of nitrogens with zero attached hydrogens (tertiary/aromatic N) is 4. The van der Waals surface area contributed by atoms with E-state index in [2.05, 4.69) is 0 Å². The summed E-state index contributed by atoms with van der Waals surface area (Å²) in [5.41, 5.74) is 3.20. The van der Waals surface area contributed by atoms with Crippen LogP contribution >= 0.6 is 0 Å². The molecule has 1 aromatic heterocycles. The lowest BCUT2D eigenvalue weighted by Crippen LogP contribution is -2.65. The molecule has 2 spiro atoms. The van der Waals surface area contributed by atoms with E-state index in [0.29, 0.717) is 58.5 Å². The van der Waals surface area contributed by atoms with Crippen molar-refractivity contribution in [1.82, 2.24) is 18.9 Å². The fraction of sp³-hybridized carbons (Fsp3) is 0.750. The molecule has 2 saturated heterocycles. The number of carbonyl (C=O) groups is 2. The predicted molar refractivity (Wildman–Crippen MR) is 145 cm³/mol. The molecule has 5 fully saturated rings. The average molecular weight is 557 g/mol. The minimum absolute atomic E-state index is 0.108. The van der Waals surface area contributed by atoms with E-state index in [4.69, 9.17) is 15.9 Å². The van der Waals surface area contributed by atoms with Gasteiger partial charge in [0.25, 0.3) is 11.5 Å². The SMILES string of the molecule is CCN1C(=O)N(CC2COC2)C2(CC3(CCC(n4c(=O)c(C(=N)N)c(O)n(CC5CCCC5)c4=O)CC3)C2)C1=O. The van der Waals surface area contributed by atoms with Crippen molar-refractivity contribution in [3.63, 3.8) is 0 Å². The molecule has 3 heterocycles. The van der Waals surface area contributed by atoms with Crippen LogP contribution in [0.1, 0.15) is 82.7 Å². The van der Waals surface area contributed by atoms with Gasteiger partial charge < -0.3 is 20.5 Å². The number of likely N-dealkylation sites (N-methyl/N-ethyl adjacent to an activating group) is 1. The Morgan fingerprint density at radius 1 is 1.02 bits per heavy atom. The zero-order chi connectivity index (χ0) is 28.4. The number of nitrogens with one attached hydrogen (secondary N) is 1. The Hall–Kier alpha value is -3.15. The molecular formula is C28H40N6O6. The van der Waals surface area contributed by atoms with Crippen molar-refractivity contribution in [2.45, 2.75) is 89.3 Å². The normalized spacial score (nSPS) is 30.9. The quantitative estimate of drug-likeness (QED) is 0.262. The summed E-state index contributed by atoms with van der Waals surface area (Å²) >= 11 is 0. The van der Waals surface area contributed by atoms with Gasteiger partial charge in [0, 0.05) is 31.6 Å². The third-order valence-corrected chi connectivity index (χ3v) is 10.3. The van der Waals surface area contributed by atoms with Crippen LogP contribution in [-0.2, 0) is 16.1 Å². The van der Waals surface area contributed by atoms with E-state index in [1.807, 2.05) is 6.92 Å².